The summed E-state index contributed by atoms with van der Waals surface area (Å²) in [7, 11) is -1.64. The molecule has 6 rings (SSSR count). The number of aromatic nitrogens is 1. The van der Waals surface area contributed by atoms with E-state index < -0.39 is 8.07 Å². The van der Waals surface area contributed by atoms with Crippen LogP contribution in [0.3, 0.4) is 0 Å². The number of carbonyl (C=O) groups is 1. The molecule has 1 N–H and O–H groups in total. The number of pyridine rings is 1. The molecule has 233 valence electrons. The van der Waals surface area contributed by atoms with Gasteiger partial charge in [0, 0.05) is 43.4 Å². The topological polar surface area (TPSA) is 63.3 Å². The second kappa shape index (κ2) is 14.1. The fourth-order valence-corrected chi connectivity index (χ4v) is 6.74. The first-order valence-electron chi connectivity index (χ1n) is 15.2. The van der Waals surface area contributed by atoms with Crippen molar-refractivity contribution in [3.05, 3.63) is 109 Å². The molecule has 0 saturated heterocycles. The van der Waals surface area contributed by atoms with Crippen LogP contribution >= 0.6 is 0 Å². The van der Waals surface area contributed by atoms with Gasteiger partial charge in [-0.25, -0.2) is 0 Å². The average molecular weight is 791 g/mol. The molecular weight excluding hydrogens is 751 g/mol. The molecule has 6 heteroatoms. The van der Waals surface area contributed by atoms with Gasteiger partial charge in [0.15, 0.2) is 5.78 Å². The van der Waals surface area contributed by atoms with Crippen LogP contribution in [0.1, 0.15) is 27.7 Å². The van der Waals surface area contributed by atoms with Gasteiger partial charge >= 0.3 is 0 Å². The van der Waals surface area contributed by atoms with E-state index in [1.165, 1.54) is 27.8 Å². The van der Waals surface area contributed by atoms with E-state index in [4.69, 9.17) is 9.40 Å². The number of fused-ring (bicyclic) bond motifs is 4. The molecule has 0 bridgehead atoms. The molecule has 1 radical (unpaired) electrons. The zero-order chi connectivity index (χ0) is 31.6. The van der Waals surface area contributed by atoms with E-state index in [1.54, 1.807) is 0 Å². The molecule has 4 aromatic carbocycles. The normalized spacial score (nSPS) is 12.0. The minimum atomic E-state index is -1.64. The minimum Gasteiger partial charge on any atom is -0.512 e. The van der Waals surface area contributed by atoms with Crippen molar-refractivity contribution in [1.82, 2.24) is 4.98 Å². The van der Waals surface area contributed by atoms with Gasteiger partial charge in [0.25, 0.3) is 0 Å². The van der Waals surface area contributed by atoms with Crippen LogP contribution in [0.2, 0.25) is 19.6 Å². The first-order chi connectivity index (χ1) is 20.9. The first-order valence-corrected chi connectivity index (χ1v) is 18.7. The van der Waals surface area contributed by atoms with Gasteiger partial charge in [-0.05, 0) is 34.3 Å². The summed E-state index contributed by atoms with van der Waals surface area (Å²) in [6, 6.07) is 35.1. The molecule has 2 aromatic heterocycles. The number of carbonyl (C=O) groups excluding carboxylic acids is 1. The Morgan fingerprint density at radius 3 is 2.18 bits per heavy atom. The molecule has 2 heterocycles. The van der Waals surface area contributed by atoms with Gasteiger partial charge in [0.1, 0.15) is 5.58 Å². The van der Waals surface area contributed by atoms with Crippen LogP contribution in [-0.4, -0.2) is 23.9 Å². The average Bonchev–Trinajstić information content (AvgIpc) is 3.39. The third-order valence-corrected chi connectivity index (χ3v) is 9.80. The molecule has 0 aliphatic carbocycles. The summed E-state index contributed by atoms with van der Waals surface area (Å²) in [6.07, 6.45) is 1.31. The third-order valence-electron chi connectivity index (χ3n) is 7.77. The van der Waals surface area contributed by atoms with Gasteiger partial charge < -0.3 is 9.52 Å². The quantitative estimate of drug-likeness (QED) is 0.0790. The summed E-state index contributed by atoms with van der Waals surface area (Å²) in [5.74, 6) is 0.161. The van der Waals surface area contributed by atoms with E-state index in [-0.39, 0.29) is 43.5 Å². The van der Waals surface area contributed by atoms with E-state index >= 15 is 0 Å². The maximum Gasteiger partial charge on any atom is 0.161 e. The summed E-state index contributed by atoms with van der Waals surface area (Å²) < 4.78 is 6.31. The Balaban J connectivity index is 0.000000332. The van der Waals surface area contributed by atoms with Gasteiger partial charge in [-0.2, -0.15) is 0 Å². The Labute approximate surface area is 280 Å². The number of aliphatic hydroxyl groups excluding tert-OH is 1. The van der Waals surface area contributed by atoms with E-state index in [9.17, 15) is 9.90 Å². The van der Waals surface area contributed by atoms with E-state index in [2.05, 4.69) is 92.4 Å². The van der Waals surface area contributed by atoms with Crippen LogP contribution in [0.5, 0.6) is 0 Å². The summed E-state index contributed by atoms with van der Waals surface area (Å²) in [6.45, 7) is 14.5. The molecule has 4 nitrogen and oxygen atoms in total. The monoisotopic (exact) mass is 791 g/mol. The Bertz CT molecular complexity index is 1990. The predicted molar refractivity (Wildman–Crippen MR) is 187 cm³/mol. The van der Waals surface area contributed by atoms with Crippen molar-refractivity contribution in [2.24, 2.45) is 11.8 Å². The molecule has 0 atom stereocenters. The summed E-state index contributed by atoms with van der Waals surface area (Å²) in [5, 5.41) is 14.1. The second-order valence-corrected chi connectivity index (χ2v) is 17.9. The molecule has 45 heavy (non-hydrogen) atoms. The zero-order valence-electron chi connectivity index (χ0n) is 26.9. The van der Waals surface area contributed by atoms with E-state index in [0.717, 1.165) is 38.7 Å². The van der Waals surface area contributed by atoms with Gasteiger partial charge in [-0.1, -0.05) is 130 Å². The Morgan fingerprint density at radius 1 is 0.822 bits per heavy atom. The minimum absolute atomic E-state index is 0. The summed E-state index contributed by atoms with van der Waals surface area (Å²) in [4.78, 5) is 16.2. The molecule has 6 aromatic rings. The number of aliphatic hydroxyl groups is 1. The standard InChI is InChI=1S/C30H24NOSi.C9H16O2.Ir/c1-33(2,3)29-19-27(25-14-9-13-23-22-12-7-8-15-28(22)32-30(23)25)31-26-18-21(16-17-24(26)29)20-10-5-4-6-11-20;1-6(2)8(10)5-9(11)7(3)4;/h4-13,15-19H,1-3H3;5-7,10H,1-4H3;/q-1;;/b;8-5-;. The van der Waals surface area contributed by atoms with Crippen molar-refractivity contribution < 1.29 is 34.4 Å². The third kappa shape index (κ3) is 7.53. The van der Waals surface area contributed by atoms with Crippen LogP contribution in [-0.2, 0) is 24.9 Å². The summed E-state index contributed by atoms with van der Waals surface area (Å²) in [5.41, 5.74) is 7.00. The van der Waals surface area contributed by atoms with Crippen molar-refractivity contribution in [3.63, 3.8) is 0 Å². The number of furan rings is 1. The number of nitrogens with zero attached hydrogens (tertiary/aromatic N) is 1. The van der Waals surface area contributed by atoms with Gasteiger partial charge in [-0.3, -0.25) is 9.78 Å². The molecule has 0 unspecified atom stereocenters. The smallest absolute Gasteiger partial charge is 0.161 e. The fraction of sp³-hybridized carbons (Fsp3) is 0.231. The number of hydrogen-bond donors (Lipinski definition) is 1. The molecule has 0 amide bonds. The van der Waals surface area contributed by atoms with Crippen molar-refractivity contribution in [1.29, 1.82) is 0 Å². The van der Waals surface area contributed by atoms with Gasteiger partial charge in [0.2, 0.25) is 0 Å². The SMILES string of the molecule is CC(C)C(=O)/C=C(\O)C(C)C.C[Si](C)(C)c1cc(-c2[c-]ccc3c2oc2ccccc23)nc2cc(-c3ccccc3)ccc12.[Ir]. The molecule has 0 fully saturated rings. The molecule has 0 aliphatic heterocycles. The second-order valence-electron chi connectivity index (χ2n) is 12.9. The fourth-order valence-electron chi connectivity index (χ4n) is 5.15. The predicted octanol–water partition coefficient (Wildman–Crippen LogP) is 10.1. The first kappa shape index (κ1) is 34.0. The van der Waals surface area contributed by atoms with Crippen LogP contribution < -0.4 is 5.19 Å². The van der Waals surface area contributed by atoms with Crippen LogP contribution in [0, 0.1) is 17.9 Å². The Hall–Kier alpha value is -3.83. The maximum atomic E-state index is 11.0. The molecule has 0 saturated carbocycles. The maximum absolute atomic E-state index is 11.0. The Morgan fingerprint density at radius 2 is 1.51 bits per heavy atom. The van der Waals surface area contributed by atoms with Crippen LogP contribution in [0.25, 0.3) is 55.2 Å². The molecule has 0 aliphatic rings. The van der Waals surface area contributed by atoms with Crippen molar-refractivity contribution in [2.75, 3.05) is 0 Å². The van der Waals surface area contributed by atoms with Crippen molar-refractivity contribution in [2.45, 2.75) is 47.3 Å². The van der Waals surface area contributed by atoms with Crippen LogP contribution in [0.15, 0.2) is 107 Å². The number of hydrogen-bond acceptors (Lipinski definition) is 4. The number of ketones is 1. The molecular formula is C39H40IrNO3Si-. The summed E-state index contributed by atoms with van der Waals surface area (Å²) >= 11 is 0. The van der Waals surface area contributed by atoms with E-state index in [1.807, 2.05) is 52.0 Å². The number of allylic oxidation sites excluding steroid dienone is 2. The van der Waals surface area contributed by atoms with E-state index in [0.29, 0.717) is 0 Å². The van der Waals surface area contributed by atoms with Crippen molar-refractivity contribution in [3.8, 4) is 22.4 Å². The molecule has 0 spiro atoms. The largest absolute Gasteiger partial charge is 0.512 e. The number of para-hydroxylation sites is 1. The Kier molecular flexibility index (Phi) is 10.6. The van der Waals surface area contributed by atoms with Gasteiger partial charge in [0.05, 0.1) is 24.9 Å². The zero-order valence-corrected chi connectivity index (χ0v) is 30.3. The number of benzene rings is 4. The number of rotatable bonds is 6. The van der Waals surface area contributed by atoms with Gasteiger partial charge in [-0.15, -0.1) is 18.2 Å². The van der Waals surface area contributed by atoms with Crippen LogP contribution in [0.4, 0.5) is 0 Å². The van der Waals surface area contributed by atoms with Crippen molar-refractivity contribution >= 4 is 51.9 Å².